The fourth-order valence-corrected chi connectivity index (χ4v) is 4.37. The van der Waals surface area contributed by atoms with Crippen LogP contribution in [0.4, 0.5) is 0 Å². The van der Waals surface area contributed by atoms with Gasteiger partial charge in [-0.25, -0.2) is 10.9 Å². The van der Waals surface area contributed by atoms with Crippen LogP contribution in [0.2, 0.25) is 0 Å². The number of hydrogen-bond donors (Lipinski definition) is 1. The van der Waals surface area contributed by atoms with Crippen molar-refractivity contribution in [3.05, 3.63) is 83.5 Å². The van der Waals surface area contributed by atoms with Gasteiger partial charge < -0.3 is 0 Å². The maximum Gasteiger partial charge on any atom is -0.00480 e. The van der Waals surface area contributed by atoms with E-state index in [0.717, 1.165) is 6.42 Å². The summed E-state index contributed by atoms with van der Waals surface area (Å²) in [5, 5.41) is 0. The molecule has 0 aromatic heterocycles. The topological polar surface area (TPSA) is 0 Å². The van der Waals surface area contributed by atoms with E-state index >= 15 is 0 Å². The van der Waals surface area contributed by atoms with Gasteiger partial charge in [0.1, 0.15) is 0 Å². The van der Waals surface area contributed by atoms with Crippen molar-refractivity contribution < 1.29 is 0 Å². The molecule has 0 nitrogen and oxygen atoms in total. The number of hydrogen-bond acceptors (Lipinski definition) is 0. The normalized spacial score (nSPS) is 13.4. The summed E-state index contributed by atoms with van der Waals surface area (Å²) in [6.45, 7) is 8.69. The van der Waals surface area contributed by atoms with E-state index in [1.807, 2.05) is 0 Å². The predicted octanol–water partition coefficient (Wildman–Crippen LogP) is 7.60. The summed E-state index contributed by atoms with van der Waals surface area (Å²) in [6, 6.07) is 15.6. The highest BCUT2D eigenvalue weighted by Crippen LogP contribution is 2.40. The van der Waals surface area contributed by atoms with Crippen molar-refractivity contribution in [3.8, 4) is 11.1 Å². The van der Waals surface area contributed by atoms with Crippen LogP contribution in [0, 0.1) is 6.92 Å². The van der Waals surface area contributed by atoms with Crippen molar-refractivity contribution in [2.45, 2.75) is 39.0 Å². The zero-order valence-corrected chi connectivity index (χ0v) is 17.9. The lowest BCUT2D eigenvalue weighted by molar-refractivity contribution is 1.22. The van der Waals surface area contributed by atoms with Gasteiger partial charge in [-0.05, 0) is 84.6 Å². The van der Waals surface area contributed by atoms with Crippen molar-refractivity contribution in [2.24, 2.45) is 0 Å². The van der Waals surface area contributed by atoms with E-state index in [0.29, 0.717) is 0 Å². The Morgan fingerprint density at radius 3 is 2.35 bits per heavy atom. The van der Waals surface area contributed by atoms with Crippen LogP contribution in [0.25, 0.3) is 16.7 Å². The molecular formula is C25H32S. The molecule has 0 amide bonds. The lowest BCUT2D eigenvalue weighted by Crippen LogP contribution is -1.94. The number of allylic oxidation sites excluding steroid dienone is 6. The molecule has 0 saturated carbocycles. The first kappa shape index (κ1) is 20.3. The quantitative estimate of drug-likeness (QED) is 0.396. The molecule has 0 bridgehead atoms. The molecule has 138 valence electrons. The Labute approximate surface area is 162 Å². The summed E-state index contributed by atoms with van der Waals surface area (Å²) >= 11 is 0. The van der Waals surface area contributed by atoms with E-state index in [-0.39, 0.29) is 10.9 Å². The second-order valence-electron chi connectivity index (χ2n) is 6.90. The SMILES string of the molecule is C\C=C/C(C)=C\C(=C/CC)c1cc(-c2ccccc2)c([SH](C)C)cc1C. The van der Waals surface area contributed by atoms with E-state index in [4.69, 9.17) is 0 Å². The predicted molar refractivity (Wildman–Crippen MR) is 123 cm³/mol. The number of benzene rings is 2. The Kier molecular flexibility index (Phi) is 7.53. The van der Waals surface area contributed by atoms with Crippen LogP contribution in [0.5, 0.6) is 0 Å². The first-order valence-corrected chi connectivity index (χ1v) is 11.6. The first-order valence-electron chi connectivity index (χ1n) is 9.36. The van der Waals surface area contributed by atoms with Gasteiger partial charge >= 0.3 is 0 Å². The van der Waals surface area contributed by atoms with Crippen molar-refractivity contribution in [3.63, 3.8) is 0 Å². The lowest BCUT2D eigenvalue weighted by atomic mass is 9.93. The highest BCUT2D eigenvalue weighted by atomic mass is 32.2. The molecule has 0 N–H and O–H groups in total. The van der Waals surface area contributed by atoms with Crippen molar-refractivity contribution in [1.82, 2.24) is 0 Å². The van der Waals surface area contributed by atoms with E-state index < -0.39 is 0 Å². The summed E-state index contributed by atoms with van der Waals surface area (Å²) in [5.74, 6) is 0. The molecule has 0 atom stereocenters. The van der Waals surface area contributed by atoms with Gasteiger partial charge in [0, 0.05) is 0 Å². The van der Waals surface area contributed by atoms with Crippen molar-refractivity contribution in [1.29, 1.82) is 0 Å². The summed E-state index contributed by atoms with van der Waals surface area (Å²) < 4.78 is 0. The average molecular weight is 365 g/mol. The maximum absolute atomic E-state index is 2.41. The molecule has 0 aliphatic carbocycles. The van der Waals surface area contributed by atoms with Gasteiger partial charge in [-0.2, -0.15) is 0 Å². The smallest absolute Gasteiger partial charge is 0.00480 e. The zero-order chi connectivity index (χ0) is 19.1. The van der Waals surface area contributed by atoms with E-state index in [9.17, 15) is 0 Å². The van der Waals surface area contributed by atoms with Crippen LogP contribution in [0.1, 0.15) is 38.3 Å². The third-order valence-electron chi connectivity index (χ3n) is 4.46. The highest BCUT2D eigenvalue weighted by Gasteiger charge is 2.12. The molecule has 2 aromatic rings. The Bertz CT molecular complexity index is 821. The number of thiol groups is 1. The molecule has 0 aliphatic heterocycles. The largest absolute Gasteiger partial charge is 0.232 e. The van der Waals surface area contributed by atoms with Gasteiger partial charge in [0.15, 0.2) is 0 Å². The molecule has 26 heavy (non-hydrogen) atoms. The van der Waals surface area contributed by atoms with Gasteiger partial charge in [0.05, 0.1) is 0 Å². The fraction of sp³-hybridized carbons (Fsp3) is 0.280. The molecule has 0 saturated heterocycles. The highest BCUT2D eigenvalue weighted by molar-refractivity contribution is 8.16. The second kappa shape index (κ2) is 9.64. The number of aryl methyl sites for hydroxylation is 1. The van der Waals surface area contributed by atoms with Crippen LogP contribution in [0.15, 0.2) is 77.2 Å². The van der Waals surface area contributed by atoms with Crippen molar-refractivity contribution in [2.75, 3.05) is 12.5 Å². The van der Waals surface area contributed by atoms with Gasteiger partial charge in [0.2, 0.25) is 0 Å². The van der Waals surface area contributed by atoms with E-state index in [2.05, 4.69) is 107 Å². The Morgan fingerprint density at radius 1 is 1.08 bits per heavy atom. The van der Waals surface area contributed by atoms with Gasteiger partial charge in [-0.15, -0.1) is 0 Å². The van der Waals surface area contributed by atoms with Crippen LogP contribution in [-0.4, -0.2) is 12.5 Å². The third-order valence-corrected chi connectivity index (χ3v) is 5.79. The number of rotatable bonds is 6. The average Bonchev–Trinajstić information content (AvgIpc) is 2.62. The Balaban J connectivity index is 2.69. The Morgan fingerprint density at radius 2 is 1.77 bits per heavy atom. The van der Waals surface area contributed by atoms with Crippen LogP contribution in [-0.2, 0) is 0 Å². The fourth-order valence-electron chi connectivity index (χ4n) is 3.25. The molecule has 2 rings (SSSR count). The minimum absolute atomic E-state index is 0.164. The van der Waals surface area contributed by atoms with Crippen molar-refractivity contribution >= 4 is 16.5 Å². The molecule has 0 unspecified atom stereocenters. The summed E-state index contributed by atoms with van der Waals surface area (Å²) in [7, 11) is -0.164. The summed E-state index contributed by atoms with van der Waals surface area (Å²) in [4.78, 5) is 1.48. The zero-order valence-electron chi connectivity index (χ0n) is 17.0. The molecule has 0 aliphatic rings. The monoisotopic (exact) mass is 364 g/mol. The van der Waals surface area contributed by atoms with E-state index in [1.165, 1.54) is 38.3 Å². The first-order chi connectivity index (χ1) is 12.5. The molecular weight excluding hydrogens is 332 g/mol. The van der Waals surface area contributed by atoms with Crippen LogP contribution in [0.3, 0.4) is 0 Å². The minimum Gasteiger partial charge on any atom is -0.232 e. The molecule has 1 heteroatoms. The molecule has 0 radical (unpaired) electrons. The van der Waals surface area contributed by atoms with Crippen LogP contribution < -0.4 is 0 Å². The second-order valence-corrected chi connectivity index (χ2v) is 9.17. The lowest BCUT2D eigenvalue weighted by Gasteiger charge is -2.20. The van der Waals surface area contributed by atoms with Crippen LogP contribution >= 0.6 is 10.9 Å². The summed E-state index contributed by atoms with van der Waals surface area (Å²) in [6.07, 6.45) is 14.6. The van der Waals surface area contributed by atoms with Gasteiger partial charge in [-0.3, -0.25) is 0 Å². The molecule has 2 aromatic carbocycles. The third kappa shape index (κ3) is 5.02. The summed E-state index contributed by atoms with van der Waals surface area (Å²) in [5.41, 5.74) is 7.99. The maximum atomic E-state index is 2.41. The molecule has 0 spiro atoms. The van der Waals surface area contributed by atoms with Gasteiger partial charge in [0.25, 0.3) is 0 Å². The minimum atomic E-state index is -0.164. The standard InChI is InChI=1S/C25H32S/c1-7-12-19(3)16-22(13-8-2)23-18-24(21-14-10-9-11-15-21)25(26(5)6)17-20(23)4/h7,9-18,26H,8H2,1-6H3/b12-7-,19-16-,22-13+. The van der Waals surface area contributed by atoms with E-state index in [1.54, 1.807) is 0 Å². The van der Waals surface area contributed by atoms with Gasteiger partial charge in [-0.1, -0.05) is 67.1 Å². The molecule has 0 fully saturated rings. The Hall–Kier alpha value is -1.99. The molecule has 0 heterocycles.